The minimum atomic E-state index is -4.20. The van der Waals surface area contributed by atoms with Crippen molar-refractivity contribution in [2.45, 2.75) is 19.0 Å². The summed E-state index contributed by atoms with van der Waals surface area (Å²) in [6.07, 6.45) is -3.79. The molecule has 106 valence electrons. The van der Waals surface area contributed by atoms with E-state index in [0.717, 1.165) is 0 Å². The predicted molar refractivity (Wildman–Crippen MR) is 59.6 cm³/mol. The molecule has 0 spiro atoms. The molecule has 0 aliphatic carbocycles. The number of nitrogens with zero attached hydrogens (tertiary/aromatic N) is 1. The van der Waals surface area contributed by atoms with Gasteiger partial charge in [-0.3, -0.25) is 0 Å². The average molecular weight is 280 g/mol. The van der Waals surface area contributed by atoms with Crippen LogP contribution in [-0.2, 0) is 11.3 Å². The standard InChI is InChI=1S/C11H12F4N2O2/c12-10(13)11(14,15)6-19-5-7-3-1-2-4-8(7)9(16)17-18/h1-4,10,18H,5-6H2,(H2,16,17). The highest BCUT2D eigenvalue weighted by Gasteiger charge is 2.40. The van der Waals surface area contributed by atoms with E-state index >= 15 is 0 Å². The molecule has 0 amide bonds. The molecule has 0 saturated carbocycles. The fourth-order valence-corrected chi connectivity index (χ4v) is 1.31. The summed E-state index contributed by atoms with van der Waals surface area (Å²) in [4.78, 5) is 0. The molecule has 0 heterocycles. The molecule has 1 aromatic rings. The number of rotatable bonds is 6. The fraction of sp³-hybridized carbons (Fsp3) is 0.364. The molecule has 1 rings (SSSR count). The zero-order valence-electron chi connectivity index (χ0n) is 9.69. The number of alkyl halides is 4. The highest BCUT2D eigenvalue weighted by Crippen LogP contribution is 2.23. The van der Waals surface area contributed by atoms with Crippen LogP contribution in [0.4, 0.5) is 17.6 Å². The zero-order valence-corrected chi connectivity index (χ0v) is 9.69. The van der Waals surface area contributed by atoms with E-state index < -0.39 is 19.0 Å². The SMILES string of the molecule is N/C(=N\O)c1ccccc1COCC(F)(F)C(F)F. The first-order valence-electron chi connectivity index (χ1n) is 5.18. The second kappa shape index (κ2) is 6.37. The quantitative estimate of drug-likeness (QED) is 0.276. The normalized spacial score (nSPS) is 13.0. The summed E-state index contributed by atoms with van der Waals surface area (Å²) in [7, 11) is 0. The Morgan fingerprint density at radius 2 is 2.00 bits per heavy atom. The number of oxime groups is 1. The summed E-state index contributed by atoms with van der Waals surface area (Å²) >= 11 is 0. The van der Waals surface area contributed by atoms with Crippen molar-refractivity contribution in [1.29, 1.82) is 0 Å². The van der Waals surface area contributed by atoms with E-state index in [9.17, 15) is 17.6 Å². The lowest BCUT2D eigenvalue weighted by Crippen LogP contribution is -2.32. The lowest BCUT2D eigenvalue weighted by atomic mass is 10.1. The third kappa shape index (κ3) is 4.09. The van der Waals surface area contributed by atoms with Crippen LogP contribution in [0.5, 0.6) is 0 Å². The number of hydrogen-bond donors (Lipinski definition) is 2. The molecule has 4 nitrogen and oxygen atoms in total. The first-order valence-corrected chi connectivity index (χ1v) is 5.18. The van der Waals surface area contributed by atoms with Crippen molar-refractivity contribution in [2.75, 3.05) is 6.61 Å². The molecule has 0 aromatic heterocycles. The highest BCUT2D eigenvalue weighted by molar-refractivity contribution is 5.98. The van der Waals surface area contributed by atoms with Crippen molar-refractivity contribution in [2.24, 2.45) is 10.9 Å². The Hall–Kier alpha value is -1.83. The Bertz CT molecular complexity index is 452. The molecule has 0 fully saturated rings. The lowest BCUT2D eigenvalue weighted by Gasteiger charge is -2.16. The van der Waals surface area contributed by atoms with Crippen LogP contribution >= 0.6 is 0 Å². The summed E-state index contributed by atoms with van der Waals surface area (Å²) in [5, 5.41) is 11.3. The summed E-state index contributed by atoms with van der Waals surface area (Å²) in [5.74, 6) is -4.43. The molecule has 0 atom stereocenters. The molecule has 1 aromatic carbocycles. The molecule has 0 bridgehead atoms. The van der Waals surface area contributed by atoms with Crippen molar-refractivity contribution in [3.8, 4) is 0 Å². The molecule has 0 unspecified atom stereocenters. The smallest absolute Gasteiger partial charge is 0.330 e. The van der Waals surface area contributed by atoms with Crippen LogP contribution in [0.15, 0.2) is 29.4 Å². The van der Waals surface area contributed by atoms with E-state index in [1.807, 2.05) is 0 Å². The van der Waals surface area contributed by atoms with Gasteiger partial charge in [-0.15, -0.1) is 0 Å². The number of ether oxygens (including phenoxy) is 1. The fourth-order valence-electron chi connectivity index (χ4n) is 1.31. The van der Waals surface area contributed by atoms with Crippen molar-refractivity contribution in [3.05, 3.63) is 35.4 Å². The third-order valence-electron chi connectivity index (χ3n) is 2.27. The summed E-state index contributed by atoms with van der Waals surface area (Å²) in [5.41, 5.74) is 6.01. The number of nitrogens with two attached hydrogens (primary N) is 1. The molecule has 8 heteroatoms. The summed E-state index contributed by atoms with van der Waals surface area (Å²) in [6, 6.07) is 6.15. The van der Waals surface area contributed by atoms with Crippen LogP contribution in [0.2, 0.25) is 0 Å². The number of benzene rings is 1. The third-order valence-corrected chi connectivity index (χ3v) is 2.27. The number of halogens is 4. The number of hydrogen-bond acceptors (Lipinski definition) is 3. The predicted octanol–water partition coefficient (Wildman–Crippen LogP) is 2.20. The Labute approximate surface area is 106 Å². The van der Waals surface area contributed by atoms with Crippen LogP contribution in [0.1, 0.15) is 11.1 Å². The van der Waals surface area contributed by atoms with Crippen LogP contribution < -0.4 is 5.73 Å². The van der Waals surface area contributed by atoms with Gasteiger partial charge in [0.1, 0.15) is 6.61 Å². The van der Waals surface area contributed by atoms with Gasteiger partial charge < -0.3 is 15.7 Å². The van der Waals surface area contributed by atoms with Gasteiger partial charge in [0.25, 0.3) is 0 Å². The van der Waals surface area contributed by atoms with E-state index in [-0.39, 0.29) is 18.0 Å². The molecular formula is C11H12F4N2O2. The van der Waals surface area contributed by atoms with Gasteiger partial charge in [-0.2, -0.15) is 8.78 Å². The topological polar surface area (TPSA) is 67.8 Å². The first-order chi connectivity index (χ1) is 8.88. The van der Waals surface area contributed by atoms with Crippen molar-refractivity contribution >= 4 is 5.84 Å². The Balaban J connectivity index is 2.69. The van der Waals surface area contributed by atoms with Gasteiger partial charge in [-0.25, -0.2) is 8.78 Å². The van der Waals surface area contributed by atoms with Crippen molar-refractivity contribution in [3.63, 3.8) is 0 Å². The molecule has 0 radical (unpaired) electrons. The second-order valence-electron chi connectivity index (χ2n) is 3.70. The van der Waals surface area contributed by atoms with E-state index in [4.69, 9.17) is 10.9 Å². The largest absolute Gasteiger partial charge is 0.409 e. The van der Waals surface area contributed by atoms with Gasteiger partial charge in [-0.1, -0.05) is 29.4 Å². The zero-order chi connectivity index (χ0) is 14.5. The van der Waals surface area contributed by atoms with Gasteiger partial charge in [0, 0.05) is 5.56 Å². The van der Waals surface area contributed by atoms with Crippen LogP contribution in [0.25, 0.3) is 0 Å². The monoisotopic (exact) mass is 280 g/mol. The molecule has 3 N–H and O–H groups in total. The summed E-state index contributed by atoms with van der Waals surface area (Å²) < 4.78 is 53.6. The second-order valence-corrected chi connectivity index (χ2v) is 3.70. The molecule has 19 heavy (non-hydrogen) atoms. The maximum atomic E-state index is 12.6. The van der Waals surface area contributed by atoms with Gasteiger partial charge in [0.15, 0.2) is 5.84 Å². The Morgan fingerprint density at radius 3 is 2.58 bits per heavy atom. The van der Waals surface area contributed by atoms with Gasteiger partial charge in [0.05, 0.1) is 6.61 Å². The van der Waals surface area contributed by atoms with Crippen LogP contribution in [-0.4, -0.2) is 30.0 Å². The van der Waals surface area contributed by atoms with Gasteiger partial charge >= 0.3 is 12.3 Å². The molecule has 0 aliphatic heterocycles. The molecular weight excluding hydrogens is 268 g/mol. The van der Waals surface area contributed by atoms with Crippen molar-refractivity contribution in [1.82, 2.24) is 0 Å². The van der Waals surface area contributed by atoms with Crippen LogP contribution in [0.3, 0.4) is 0 Å². The van der Waals surface area contributed by atoms with Crippen LogP contribution in [0, 0.1) is 0 Å². The van der Waals surface area contributed by atoms with Gasteiger partial charge in [-0.05, 0) is 5.56 Å². The lowest BCUT2D eigenvalue weighted by molar-refractivity contribution is -0.168. The molecule has 0 saturated heterocycles. The first kappa shape index (κ1) is 15.2. The highest BCUT2D eigenvalue weighted by atomic mass is 19.3. The average Bonchev–Trinajstić information content (AvgIpc) is 2.38. The van der Waals surface area contributed by atoms with E-state index in [2.05, 4.69) is 9.89 Å². The Kier molecular flexibility index (Phi) is 5.11. The Morgan fingerprint density at radius 1 is 1.37 bits per heavy atom. The van der Waals surface area contributed by atoms with Gasteiger partial charge in [0.2, 0.25) is 0 Å². The maximum Gasteiger partial charge on any atom is 0.330 e. The van der Waals surface area contributed by atoms with E-state index in [0.29, 0.717) is 5.56 Å². The summed E-state index contributed by atoms with van der Waals surface area (Å²) in [6.45, 7) is -1.76. The minimum Gasteiger partial charge on any atom is -0.409 e. The number of amidine groups is 1. The van der Waals surface area contributed by atoms with E-state index in [1.54, 1.807) is 12.1 Å². The molecule has 0 aliphatic rings. The maximum absolute atomic E-state index is 12.6. The minimum absolute atomic E-state index is 0.222. The van der Waals surface area contributed by atoms with E-state index in [1.165, 1.54) is 12.1 Å². The van der Waals surface area contributed by atoms with Crippen molar-refractivity contribution < 1.29 is 27.5 Å².